The van der Waals surface area contributed by atoms with Crippen LogP contribution in [0, 0.1) is 6.92 Å². The summed E-state index contributed by atoms with van der Waals surface area (Å²) in [7, 11) is 1.53. The Morgan fingerprint density at radius 1 is 1.38 bits per heavy atom. The standard InChI is InChI=1S/C14H14ClN3O3/c1-8-5-12(19)10(14(20)17-16)7-18(8)11-6-9(15)3-4-13(11)21-2/h3-7H,16H2,1-2H3,(H,17,20). The molecule has 0 saturated carbocycles. The van der Waals surface area contributed by atoms with Gasteiger partial charge in [0.25, 0.3) is 5.91 Å². The van der Waals surface area contributed by atoms with Crippen LogP contribution in [-0.4, -0.2) is 17.6 Å². The SMILES string of the molecule is COc1ccc(Cl)cc1-n1cc(C(=O)NN)c(=O)cc1C. The molecule has 0 atom stereocenters. The van der Waals surface area contributed by atoms with Crippen LogP contribution in [0.5, 0.6) is 5.75 Å². The van der Waals surface area contributed by atoms with Crippen molar-refractivity contribution in [2.75, 3.05) is 7.11 Å². The van der Waals surface area contributed by atoms with Gasteiger partial charge in [0.1, 0.15) is 11.3 Å². The van der Waals surface area contributed by atoms with Crippen molar-refractivity contribution in [3.05, 3.63) is 57.0 Å². The van der Waals surface area contributed by atoms with Crippen molar-refractivity contribution in [1.29, 1.82) is 0 Å². The summed E-state index contributed by atoms with van der Waals surface area (Å²) in [5.74, 6) is 4.99. The first kappa shape index (κ1) is 15.1. The Kier molecular flexibility index (Phi) is 4.30. The lowest BCUT2D eigenvalue weighted by Gasteiger charge is -2.15. The number of carbonyl (C=O) groups is 1. The molecule has 0 aliphatic rings. The van der Waals surface area contributed by atoms with Crippen LogP contribution in [0.3, 0.4) is 0 Å². The van der Waals surface area contributed by atoms with Crippen LogP contribution in [-0.2, 0) is 0 Å². The zero-order valence-corrected chi connectivity index (χ0v) is 12.3. The highest BCUT2D eigenvalue weighted by Crippen LogP contribution is 2.27. The zero-order chi connectivity index (χ0) is 15.6. The minimum atomic E-state index is -0.658. The number of pyridine rings is 1. The second-order valence-electron chi connectivity index (χ2n) is 4.35. The summed E-state index contributed by atoms with van der Waals surface area (Å²) in [6.45, 7) is 1.74. The molecule has 1 aromatic carbocycles. The van der Waals surface area contributed by atoms with Crippen molar-refractivity contribution in [3.8, 4) is 11.4 Å². The number of nitrogens with zero attached hydrogens (tertiary/aromatic N) is 1. The molecular weight excluding hydrogens is 294 g/mol. The molecule has 1 heterocycles. The lowest BCUT2D eigenvalue weighted by atomic mass is 10.2. The molecule has 1 amide bonds. The van der Waals surface area contributed by atoms with E-state index in [0.717, 1.165) is 0 Å². The number of aromatic nitrogens is 1. The maximum atomic E-state index is 11.9. The molecule has 0 unspecified atom stereocenters. The van der Waals surface area contributed by atoms with Gasteiger partial charge in [0.2, 0.25) is 0 Å². The van der Waals surface area contributed by atoms with E-state index in [1.807, 2.05) is 5.43 Å². The molecule has 0 bridgehead atoms. The number of hydrogen-bond donors (Lipinski definition) is 2. The minimum Gasteiger partial charge on any atom is -0.495 e. The van der Waals surface area contributed by atoms with E-state index in [-0.39, 0.29) is 5.56 Å². The average molecular weight is 308 g/mol. The number of amides is 1. The fourth-order valence-corrected chi connectivity index (χ4v) is 2.16. The minimum absolute atomic E-state index is 0.0647. The molecular formula is C14H14ClN3O3. The van der Waals surface area contributed by atoms with Gasteiger partial charge >= 0.3 is 0 Å². The Morgan fingerprint density at radius 3 is 2.71 bits per heavy atom. The van der Waals surface area contributed by atoms with E-state index >= 15 is 0 Å². The molecule has 21 heavy (non-hydrogen) atoms. The number of nitrogens with one attached hydrogen (secondary N) is 1. The Morgan fingerprint density at radius 2 is 2.10 bits per heavy atom. The third-order valence-electron chi connectivity index (χ3n) is 3.02. The van der Waals surface area contributed by atoms with Crippen LogP contribution < -0.4 is 21.4 Å². The molecule has 110 valence electrons. The maximum Gasteiger partial charge on any atom is 0.270 e. The van der Waals surface area contributed by atoms with E-state index in [1.54, 1.807) is 29.7 Å². The first-order chi connectivity index (χ1) is 9.97. The molecule has 2 rings (SSSR count). The third kappa shape index (κ3) is 2.91. The molecule has 0 aliphatic carbocycles. The van der Waals surface area contributed by atoms with Crippen molar-refractivity contribution in [3.63, 3.8) is 0 Å². The van der Waals surface area contributed by atoms with Gasteiger partial charge in [-0.2, -0.15) is 0 Å². The fraction of sp³-hybridized carbons (Fsp3) is 0.143. The summed E-state index contributed by atoms with van der Waals surface area (Å²) in [6.07, 6.45) is 1.41. The summed E-state index contributed by atoms with van der Waals surface area (Å²) < 4.78 is 6.93. The molecule has 0 spiro atoms. The summed E-state index contributed by atoms with van der Waals surface area (Å²) in [6, 6.07) is 6.43. The first-order valence-corrected chi connectivity index (χ1v) is 6.44. The van der Waals surface area contributed by atoms with E-state index < -0.39 is 11.3 Å². The van der Waals surface area contributed by atoms with Gasteiger partial charge in [0.15, 0.2) is 5.43 Å². The zero-order valence-electron chi connectivity index (χ0n) is 11.5. The second-order valence-corrected chi connectivity index (χ2v) is 4.79. The molecule has 0 aliphatic heterocycles. The summed E-state index contributed by atoms with van der Waals surface area (Å²) in [5, 5.41) is 0.508. The Balaban J connectivity index is 2.72. The van der Waals surface area contributed by atoms with Crippen molar-refractivity contribution < 1.29 is 9.53 Å². The van der Waals surface area contributed by atoms with Gasteiger partial charge in [-0.05, 0) is 25.1 Å². The van der Waals surface area contributed by atoms with Gasteiger partial charge in [0.05, 0.1) is 12.8 Å². The van der Waals surface area contributed by atoms with Gasteiger partial charge in [-0.3, -0.25) is 15.0 Å². The lowest BCUT2D eigenvalue weighted by Crippen LogP contribution is -2.34. The van der Waals surface area contributed by atoms with Crippen LogP contribution in [0.1, 0.15) is 16.1 Å². The number of hydrazine groups is 1. The highest BCUT2D eigenvalue weighted by atomic mass is 35.5. The lowest BCUT2D eigenvalue weighted by molar-refractivity contribution is 0.0952. The van der Waals surface area contributed by atoms with Gasteiger partial charge in [-0.15, -0.1) is 0 Å². The van der Waals surface area contributed by atoms with Crippen molar-refractivity contribution in [2.45, 2.75) is 6.92 Å². The molecule has 2 aromatic rings. The van der Waals surface area contributed by atoms with E-state index in [2.05, 4.69) is 0 Å². The van der Waals surface area contributed by atoms with E-state index in [9.17, 15) is 9.59 Å². The van der Waals surface area contributed by atoms with Gasteiger partial charge < -0.3 is 9.30 Å². The molecule has 7 heteroatoms. The number of nitrogen functional groups attached to an aromatic ring is 1. The summed E-state index contributed by atoms with van der Waals surface area (Å²) >= 11 is 6.01. The smallest absolute Gasteiger partial charge is 0.270 e. The number of carbonyl (C=O) groups excluding carboxylic acids is 1. The summed E-state index contributed by atoms with van der Waals surface area (Å²) in [4.78, 5) is 23.5. The van der Waals surface area contributed by atoms with Crippen LogP contribution in [0.2, 0.25) is 5.02 Å². The first-order valence-electron chi connectivity index (χ1n) is 6.06. The predicted molar refractivity (Wildman–Crippen MR) is 80.0 cm³/mol. The molecule has 0 fully saturated rings. The molecule has 6 nitrogen and oxygen atoms in total. The van der Waals surface area contributed by atoms with Gasteiger partial charge in [-0.1, -0.05) is 11.6 Å². The normalized spacial score (nSPS) is 10.3. The van der Waals surface area contributed by atoms with Crippen molar-refractivity contribution in [2.24, 2.45) is 5.84 Å². The molecule has 0 radical (unpaired) electrons. The number of nitrogens with two attached hydrogens (primary N) is 1. The topological polar surface area (TPSA) is 86.3 Å². The van der Waals surface area contributed by atoms with Gasteiger partial charge in [-0.25, -0.2) is 5.84 Å². The van der Waals surface area contributed by atoms with Crippen LogP contribution >= 0.6 is 11.6 Å². The van der Waals surface area contributed by atoms with Crippen molar-refractivity contribution >= 4 is 17.5 Å². The number of halogens is 1. The fourth-order valence-electron chi connectivity index (χ4n) is 1.99. The quantitative estimate of drug-likeness (QED) is 0.510. The van der Waals surface area contributed by atoms with Crippen LogP contribution in [0.25, 0.3) is 5.69 Å². The average Bonchev–Trinajstić information content (AvgIpc) is 2.46. The predicted octanol–water partition coefficient (Wildman–Crippen LogP) is 1.41. The molecule has 3 N–H and O–H groups in total. The second kappa shape index (κ2) is 5.99. The number of methoxy groups -OCH3 is 1. The Hall–Kier alpha value is -2.31. The van der Waals surface area contributed by atoms with E-state index in [4.69, 9.17) is 22.2 Å². The molecule has 1 aromatic heterocycles. The third-order valence-corrected chi connectivity index (χ3v) is 3.25. The highest BCUT2D eigenvalue weighted by Gasteiger charge is 2.14. The highest BCUT2D eigenvalue weighted by molar-refractivity contribution is 6.30. The maximum absolute atomic E-state index is 11.9. The van der Waals surface area contributed by atoms with Gasteiger partial charge in [0, 0.05) is 23.0 Å². The Labute approximate surface area is 126 Å². The number of rotatable bonds is 3. The van der Waals surface area contributed by atoms with Crippen LogP contribution in [0.15, 0.2) is 35.3 Å². The molecule has 0 saturated heterocycles. The van der Waals surface area contributed by atoms with Crippen molar-refractivity contribution in [1.82, 2.24) is 9.99 Å². The Bertz CT molecular complexity index is 756. The number of hydrogen-bond acceptors (Lipinski definition) is 4. The van der Waals surface area contributed by atoms with E-state index in [0.29, 0.717) is 22.2 Å². The number of ether oxygens (including phenoxy) is 1. The summed E-state index contributed by atoms with van der Waals surface area (Å²) in [5.41, 5.74) is 2.73. The largest absolute Gasteiger partial charge is 0.495 e. The number of benzene rings is 1. The van der Waals surface area contributed by atoms with E-state index in [1.165, 1.54) is 19.4 Å². The monoisotopic (exact) mass is 307 g/mol. The van der Waals surface area contributed by atoms with Crippen LogP contribution in [0.4, 0.5) is 0 Å². The number of aryl methyl sites for hydroxylation is 1.